The van der Waals surface area contributed by atoms with Gasteiger partial charge >= 0.3 is 0 Å². The number of nitrogens with zero attached hydrogens (tertiary/aromatic N) is 3. The standard InChI is InChI=1S/C24H27N5O2/c1-18-17-22(28-24(26-18)25-14-6-16-29-15-5-9-23(29)30)27-19-10-12-21(13-11-19)31-20-7-3-2-4-8-20/h2-4,7-8,10-13,17H,5-6,9,14-16H2,1H3,(H2,25,26,27,28). The molecule has 0 atom stereocenters. The number of hydrogen-bond donors (Lipinski definition) is 2. The lowest BCUT2D eigenvalue weighted by Crippen LogP contribution is -2.27. The number of carbonyl (C=O) groups excluding carboxylic acids is 1. The van der Waals surface area contributed by atoms with Crippen molar-refractivity contribution in [2.75, 3.05) is 30.3 Å². The first-order valence-electron chi connectivity index (χ1n) is 10.6. The number of hydrogen-bond acceptors (Lipinski definition) is 6. The van der Waals surface area contributed by atoms with Gasteiger partial charge in [0.2, 0.25) is 11.9 Å². The Bertz CT molecular complexity index is 1010. The van der Waals surface area contributed by atoms with Gasteiger partial charge in [-0.2, -0.15) is 4.98 Å². The molecule has 0 spiro atoms. The molecule has 4 rings (SSSR count). The van der Waals surface area contributed by atoms with Crippen LogP contribution in [0, 0.1) is 6.92 Å². The van der Waals surface area contributed by atoms with Crippen LogP contribution in [-0.2, 0) is 4.79 Å². The minimum atomic E-state index is 0.262. The zero-order chi connectivity index (χ0) is 21.5. The van der Waals surface area contributed by atoms with Gasteiger partial charge in [-0.15, -0.1) is 0 Å². The van der Waals surface area contributed by atoms with Gasteiger partial charge < -0.3 is 20.3 Å². The third-order valence-electron chi connectivity index (χ3n) is 5.02. The van der Waals surface area contributed by atoms with E-state index in [0.717, 1.165) is 61.2 Å². The van der Waals surface area contributed by atoms with E-state index >= 15 is 0 Å². The van der Waals surface area contributed by atoms with Gasteiger partial charge in [-0.1, -0.05) is 18.2 Å². The predicted molar refractivity (Wildman–Crippen MR) is 122 cm³/mol. The summed E-state index contributed by atoms with van der Waals surface area (Å²) < 4.78 is 5.83. The molecule has 7 heteroatoms. The first-order chi connectivity index (χ1) is 15.2. The van der Waals surface area contributed by atoms with Gasteiger partial charge in [0.15, 0.2) is 0 Å². The fraction of sp³-hybridized carbons (Fsp3) is 0.292. The Morgan fingerprint density at radius 2 is 1.81 bits per heavy atom. The molecule has 1 aliphatic rings. The number of ether oxygens (including phenoxy) is 1. The lowest BCUT2D eigenvalue weighted by atomic mass is 10.3. The maximum absolute atomic E-state index is 11.7. The summed E-state index contributed by atoms with van der Waals surface area (Å²) in [7, 11) is 0. The van der Waals surface area contributed by atoms with Gasteiger partial charge in [0.1, 0.15) is 17.3 Å². The van der Waals surface area contributed by atoms with Crippen molar-refractivity contribution in [2.24, 2.45) is 0 Å². The Balaban J connectivity index is 1.31. The zero-order valence-corrected chi connectivity index (χ0v) is 17.7. The van der Waals surface area contributed by atoms with Crippen molar-refractivity contribution < 1.29 is 9.53 Å². The molecule has 2 aromatic carbocycles. The number of likely N-dealkylation sites (tertiary alicyclic amines) is 1. The number of benzene rings is 2. The average Bonchev–Trinajstić information content (AvgIpc) is 3.18. The first kappa shape index (κ1) is 20.7. The normalized spacial score (nSPS) is 13.3. The van der Waals surface area contributed by atoms with Crippen LogP contribution in [0.15, 0.2) is 60.7 Å². The summed E-state index contributed by atoms with van der Waals surface area (Å²) in [5.74, 6) is 3.15. The summed E-state index contributed by atoms with van der Waals surface area (Å²) in [6, 6.07) is 19.3. The zero-order valence-electron chi connectivity index (χ0n) is 17.7. The van der Waals surface area contributed by atoms with Gasteiger partial charge in [-0.05, 0) is 56.2 Å². The summed E-state index contributed by atoms with van der Waals surface area (Å²) >= 11 is 0. The monoisotopic (exact) mass is 417 g/mol. The second kappa shape index (κ2) is 9.93. The number of rotatable bonds is 9. The Labute approximate surface area is 182 Å². The molecule has 0 saturated carbocycles. The number of aromatic nitrogens is 2. The minimum absolute atomic E-state index is 0.262. The van der Waals surface area contributed by atoms with Crippen molar-refractivity contribution >= 4 is 23.4 Å². The number of aryl methyl sites for hydroxylation is 1. The van der Waals surface area contributed by atoms with E-state index in [1.54, 1.807) is 0 Å². The van der Waals surface area contributed by atoms with Gasteiger partial charge in [-0.25, -0.2) is 4.98 Å². The maximum Gasteiger partial charge on any atom is 0.224 e. The molecule has 2 N–H and O–H groups in total. The minimum Gasteiger partial charge on any atom is -0.457 e. The smallest absolute Gasteiger partial charge is 0.224 e. The number of carbonyl (C=O) groups is 1. The number of amides is 1. The van der Waals surface area contributed by atoms with Gasteiger partial charge in [0.05, 0.1) is 0 Å². The highest BCUT2D eigenvalue weighted by atomic mass is 16.5. The van der Waals surface area contributed by atoms with Crippen LogP contribution in [0.2, 0.25) is 0 Å². The predicted octanol–water partition coefficient (Wildman–Crippen LogP) is 4.75. The number of para-hydroxylation sites is 1. The topological polar surface area (TPSA) is 79.4 Å². The number of nitrogens with one attached hydrogen (secondary N) is 2. The Kier molecular flexibility index (Phi) is 6.62. The van der Waals surface area contributed by atoms with Crippen molar-refractivity contribution in [1.29, 1.82) is 0 Å². The highest BCUT2D eigenvalue weighted by Gasteiger charge is 2.18. The second-order valence-electron chi connectivity index (χ2n) is 7.55. The summed E-state index contributed by atoms with van der Waals surface area (Å²) in [4.78, 5) is 22.6. The van der Waals surface area contributed by atoms with Crippen LogP contribution in [0.5, 0.6) is 11.5 Å². The molecular weight excluding hydrogens is 390 g/mol. The summed E-state index contributed by atoms with van der Waals surface area (Å²) in [5.41, 5.74) is 1.79. The van der Waals surface area contributed by atoms with E-state index in [9.17, 15) is 4.79 Å². The highest BCUT2D eigenvalue weighted by molar-refractivity contribution is 5.78. The number of anilines is 3. The fourth-order valence-corrected chi connectivity index (χ4v) is 3.50. The Morgan fingerprint density at radius 1 is 1.03 bits per heavy atom. The van der Waals surface area contributed by atoms with Gasteiger partial charge in [-0.3, -0.25) is 4.79 Å². The molecule has 160 valence electrons. The molecule has 3 aromatic rings. The largest absolute Gasteiger partial charge is 0.457 e. The lowest BCUT2D eigenvalue weighted by Gasteiger charge is -2.15. The van der Waals surface area contributed by atoms with Gasteiger partial charge in [0, 0.05) is 43.5 Å². The van der Waals surface area contributed by atoms with E-state index in [4.69, 9.17) is 4.74 Å². The van der Waals surface area contributed by atoms with E-state index in [2.05, 4.69) is 20.6 Å². The molecule has 31 heavy (non-hydrogen) atoms. The summed E-state index contributed by atoms with van der Waals surface area (Å²) in [6.45, 7) is 4.32. The molecule has 0 bridgehead atoms. The molecule has 0 aliphatic carbocycles. The van der Waals surface area contributed by atoms with Crippen molar-refractivity contribution in [3.63, 3.8) is 0 Å². The molecule has 1 aromatic heterocycles. The molecule has 1 fully saturated rings. The SMILES string of the molecule is Cc1cc(Nc2ccc(Oc3ccccc3)cc2)nc(NCCCN2CCCC2=O)n1. The van der Waals surface area contributed by atoms with Crippen molar-refractivity contribution in [3.8, 4) is 11.5 Å². The van der Waals surface area contributed by atoms with E-state index < -0.39 is 0 Å². The van der Waals surface area contributed by atoms with Crippen molar-refractivity contribution in [1.82, 2.24) is 14.9 Å². The first-order valence-corrected chi connectivity index (χ1v) is 10.6. The van der Waals surface area contributed by atoms with Crippen LogP contribution in [-0.4, -0.2) is 40.4 Å². The average molecular weight is 418 g/mol. The van der Waals surface area contributed by atoms with Crippen LogP contribution in [0.25, 0.3) is 0 Å². The van der Waals surface area contributed by atoms with Crippen molar-refractivity contribution in [3.05, 3.63) is 66.4 Å². The third-order valence-corrected chi connectivity index (χ3v) is 5.02. The molecule has 7 nitrogen and oxygen atoms in total. The summed E-state index contributed by atoms with van der Waals surface area (Å²) in [5, 5.41) is 6.58. The van der Waals surface area contributed by atoms with E-state index in [1.807, 2.05) is 72.5 Å². The maximum atomic E-state index is 11.7. The van der Waals surface area contributed by atoms with E-state index in [-0.39, 0.29) is 5.91 Å². The van der Waals surface area contributed by atoms with E-state index in [1.165, 1.54) is 0 Å². The Hall–Kier alpha value is -3.61. The summed E-state index contributed by atoms with van der Waals surface area (Å²) in [6.07, 6.45) is 2.53. The van der Waals surface area contributed by atoms with Crippen LogP contribution in [0.1, 0.15) is 25.0 Å². The van der Waals surface area contributed by atoms with E-state index in [0.29, 0.717) is 12.4 Å². The molecule has 0 radical (unpaired) electrons. The fourth-order valence-electron chi connectivity index (χ4n) is 3.50. The van der Waals surface area contributed by atoms with Crippen LogP contribution < -0.4 is 15.4 Å². The second-order valence-corrected chi connectivity index (χ2v) is 7.55. The molecule has 1 aliphatic heterocycles. The van der Waals surface area contributed by atoms with Crippen molar-refractivity contribution in [2.45, 2.75) is 26.2 Å². The van der Waals surface area contributed by atoms with Gasteiger partial charge in [0.25, 0.3) is 0 Å². The molecule has 1 saturated heterocycles. The quantitative estimate of drug-likeness (QED) is 0.489. The molecule has 2 heterocycles. The van der Waals surface area contributed by atoms with Crippen LogP contribution in [0.4, 0.5) is 17.5 Å². The molecule has 0 unspecified atom stereocenters. The van der Waals surface area contributed by atoms with Crippen LogP contribution in [0.3, 0.4) is 0 Å². The van der Waals surface area contributed by atoms with Crippen LogP contribution >= 0.6 is 0 Å². The molecular formula is C24H27N5O2. The molecule has 1 amide bonds. The Morgan fingerprint density at radius 3 is 2.55 bits per heavy atom. The highest BCUT2D eigenvalue weighted by Crippen LogP contribution is 2.24. The third kappa shape index (κ3) is 5.94. The lowest BCUT2D eigenvalue weighted by molar-refractivity contribution is -0.127.